The summed E-state index contributed by atoms with van der Waals surface area (Å²) in [6, 6.07) is 2.17. The van der Waals surface area contributed by atoms with Gasteiger partial charge in [0.15, 0.2) is 10.8 Å². The van der Waals surface area contributed by atoms with Crippen LogP contribution in [0.4, 0.5) is 4.39 Å². The molecule has 178 valence electrons. The highest BCUT2D eigenvalue weighted by atomic mass is 79.9. The molecule has 2 N–H and O–H groups in total. The molecule has 1 aromatic carbocycles. The molecule has 0 saturated carbocycles. The first kappa shape index (κ1) is 24.2. The molecule has 34 heavy (non-hydrogen) atoms. The number of rotatable bonds is 7. The lowest BCUT2D eigenvalue weighted by Gasteiger charge is -2.30. The Balaban J connectivity index is 1.84. The molecule has 0 bridgehead atoms. The molecule has 2 atom stereocenters. The number of carboxylic acids is 1. The van der Waals surface area contributed by atoms with E-state index in [9.17, 15) is 23.9 Å². The third-order valence-electron chi connectivity index (χ3n) is 5.40. The fourth-order valence-corrected chi connectivity index (χ4v) is 5.08. The van der Waals surface area contributed by atoms with Crippen LogP contribution in [0.3, 0.4) is 0 Å². The van der Waals surface area contributed by atoms with Crippen LogP contribution in [0.1, 0.15) is 30.0 Å². The predicted molar refractivity (Wildman–Crippen MR) is 125 cm³/mol. The molecule has 9 nitrogen and oxygen atoms in total. The zero-order chi connectivity index (χ0) is 24.4. The number of halogens is 2. The minimum atomic E-state index is -1.12. The van der Waals surface area contributed by atoms with Gasteiger partial charge in [-0.15, -0.1) is 11.3 Å². The van der Waals surface area contributed by atoms with E-state index in [2.05, 4.69) is 26.2 Å². The van der Waals surface area contributed by atoms with Gasteiger partial charge in [0, 0.05) is 34.7 Å². The van der Waals surface area contributed by atoms with E-state index in [0.29, 0.717) is 26.6 Å². The van der Waals surface area contributed by atoms with Crippen molar-refractivity contribution in [1.82, 2.24) is 15.2 Å². The number of Topliss-reactive ketones (excluding diaryl/α,β-unsaturated/α-hetero) is 1. The molecule has 2 aliphatic rings. The van der Waals surface area contributed by atoms with Crippen LogP contribution in [0, 0.1) is 5.82 Å². The van der Waals surface area contributed by atoms with Gasteiger partial charge in [0.05, 0.1) is 18.7 Å². The average Bonchev–Trinajstić information content (AvgIpc) is 3.43. The lowest BCUT2D eigenvalue weighted by Crippen LogP contribution is -2.43. The molecule has 0 aliphatic carbocycles. The number of aliphatic imine (C=N–C) groups is 1. The normalized spacial score (nSPS) is 20.8. The number of amidine groups is 1. The number of hydrogen-bond acceptors (Lipinski definition) is 9. The van der Waals surface area contributed by atoms with Crippen molar-refractivity contribution >= 4 is 50.8 Å². The van der Waals surface area contributed by atoms with Gasteiger partial charge in [0.2, 0.25) is 0 Å². The largest absolute Gasteiger partial charge is 0.480 e. The fraction of sp³-hybridized carbons (Fsp3) is 0.318. The van der Waals surface area contributed by atoms with E-state index in [0.717, 1.165) is 0 Å². The minimum absolute atomic E-state index is 0.0312. The van der Waals surface area contributed by atoms with Gasteiger partial charge in [-0.2, -0.15) is 0 Å². The van der Waals surface area contributed by atoms with Gasteiger partial charge in [-0.3, -0.25) is 19.5 Å². The van der Waals surface area contributed by atoms with Gasteiger partial charge in [0.1, 0.15) is 23.7 Å². The maximum Gasteiger partial charge on any atom is 0.338 e. The quantitative estimate of drug-likeness (QED) is 0.504. The van der Waals surface area contributed by atoms with Gasteiger partial charge in [-0.05, 0) is 24.6 Å². The highest BCUT2D eigenvalue weighted by Gasteiger charge is 2.39. The van der Waals surface area contributed by atoms with E-state index in [-0.39, 0.29) is 37.5 Å². The number of aliphatic carboxylic acids is 1. The maximum atomic E-state index is 13.8. The molecule has 2 aromatic rings. The molecular weight excluding hydrogens is 531 g/mol. The number of ether oxygens (including phenoxy) is 1. The van der Waals surface area contributed by atoms with Crippen LogP contribution in [0.5, 0.6) is 0 Å². The molecule has 1 aromatic heterocycles. The van der Waals surface area contributed by atoms with Crippen LogP contribution in [-0.4, -0.2) is 64.3 Å². The monoisotopic (exact) mass is 550 g/mol. The van der Waals surface area contributed by atoms with Crippen molar-refractivity contribution in [3.63, 3.8) is 0 Å². The molecule has 0 radical (unpaired) electrons. The van der Waals surface area contributed by atoms with Gasteiger partial charge < -0.3 is 15.2 Å². The third kappa shape index (κ3) is 4.93. The van der Waals surface area contributed by atoms with Crippen molar-refractivity contribution < 1.29 is 28.6 Å². The van der Waals surface area contributed by atoms with Crippen molar-refractivity contribution in [1.29, 1.82) is 0 Å². The van der Waals surface area contributed by atoms with Crippen LogP contribution in [0.25, 0.3) is 0 Å². The molecule has 4 rings (SSSR count). The molecule has 0 spiro atoms. The second-order valence-electron chi connectivity index (χ2n) is 7.62. The fourth-order valence-electron chi connectivity index (χ4n) is 3.93. The summed E-state index contributed by atoms with van der Waals surface area (Å²) >= 11 is 4.69. The standard InChI is InChI=1S/C22H20BrFN4O5S/c1-2-33-22(32)17-15(10-28-9-12(29)8-16(28)21(30)31)26-19(20-25-5-6-34-20)27-18(17)13-4-3-11(24)7-14(13)23/h3-7,16,18H,2,8-10H2,1H3,(H,26,27)(H,30,31)/t16-,18?/m0/s1. The summed E-state index contributed by atoms with van der Waals surface area (Å²) < 4.78 is 19.5. The zero-order valence-corrected chi connectivity index (χ0v) is 20.4. The van der Waals surface area contributed by atoms with E-state index in [1.807, 2.05) is 0 Å². The number of thiazole rings is 1. The van der Waals surface area contributed by atoms with Crippen molar-refractivity contribution in [2.45, 2.75) is 25.4 Å². The predicted octanol–water partition coefficient (Wildman–Crippen LogP) is 2.68. The third-order valence-corrected chi connectivity index (χ3v) is 6.87. The Bertz CT molecular complexity index is 1200. The number of benzene rings is 1. The molecule has 3 heterocycles. The van der Waals surface area contributed by atoms with Gasteiger partial charge >= 0.3 is 11.9 Å². The number of nitrogens with zero attached hydrogens (tertiary/aromatic N) is 3. The number of carboxylic acid groups (broad SMARTS) is 1. The number of ketones is 1. The Kier molecular flexibility index (Phi) is 7.19. The van der Waals surface area contributed by atoms with E-state index in [1.165, 1.54) is 34.4 Å². The Morgan fingerprint density at radius 3 is 2.85 bits per heavy atom. The number of aromatic nitrogens is 1. The SMILES string of the molecule is CCOC(=O)C1=C(CN2CC(=O)C[C@H]2C(=O)O)NC(c2nccs2)=NC1c1ccc(F)cc1Br. The summed E-state index contributed by atoms with van der Waals surface area (Å²) in [5.41, 5.74) is 1.02. The van der Waals surface area contributed by atoms with Gasteiger partial charge in [0.25, 0.3) is 0 Å². The zero-order valence-electron chi connectivity index (χ0n) is 18.0. The summed E-state index contributed by atoms with van der Waals surface area (Å²) in [5.74, 6) is -2.06. The Labute approximate surface area is 206 Å². The summed E-state index contributed by atoms with van der Waals surface area (Å²) in [4.78, 5) is 47.4. The van der Waals surface area contributed by atoms with Gasteiger partial charge in [-0.25, -0.2) is 14.2 Å². The first-order valence-electron chi connectivity index (χ1n) is 10.4. The molecule has 2 aliphatic heterocycles. The number of hydrogen-bond donors (Lipinski definition) is 2. The summed E-state index contributed by atoms with van der Waals surface area (Å²) in [6.07, 6.45) is 1.49. The first-order valence-corrected chi connectivity index (χ1v) is 12.0. The summed E-state index contributed by atoms with van der Waals surface area (Å²) in [7, 11) is 0. The molecule has 1 fully saturated rings. The Hall–Kier alpha value is -2.96. The van der Waals surface area contributed by atoms with E-state index in [4.69, 9.17) is 9.73 Å². The second-order valence-corrected chi connectivity index (χ2v) is 9.37. The lowest BCUT2D eigenvalue weighted by molar-refractivity contribution is -0.142. The maximum absolute atomic E-state index is 13.8. The van der Waals surface area contributed by atoms with Crippen LogP contribution < -0.4 is 5.32 Å². The molecule has 1 saturated heterocycles. The highest BCUT2D eigenvalue weighted by molar-refractivity contribution is 9.10. The summed E-state index contributed by atoms with van der Waals surface area (Å²) in [5, 5.41) is 15.0. The number of nitrogens with one attached hydrogen (secondary N) is 1. The smallest absolute Gasteiger partial charge is 0.338 e. The molecule has 1 unspecified atom stereocenters. The van der Waals surface area contributed by atoms with Crippen molar-refractivity contribution in [3.8, 4) is 0 Å². The number of likely N-dealkylation sites (tertiary alicyclic amines) is 1. The Morgan fingerprint density at radius 2 is 2.21 bits per heavy atom. The number of carbonyl (C=O) groups excluding carboxylic acids is 2. The lowest BCUT2D eigenvalue weighted by atomic mass is 9.95. The topological polar surface area (TPSA) is 121 Å². The number of esters is 1. The average molecular weight is 551 g/mol. The van der Waals surface area contributed by atoms with E-state index >= 15 is 0 Å². The molecule has 0 amide bonds. The van der Waals surface area contributed by atoms with Crippen molar-refractivity contribution in [2.75, 3.05) is 19.7 Å². The Morgan fingerprint density at radius 1 is 1.41 bits per heavy atom. The first-order chi connectivity index (χ1) is 16.3. The van der Waals surface area contributed by atoms with Gasteiger partial charge in [-0.1, -0.05) is 22.0 Å². The van der Waals surface area contributed by atoms with Crippen molar-refractivity contribution in [2.24, 2.45) is 4.99 Å². The minimum Gasteiger partial charge on any atom is -0.480 e. The van der Waals surface area contributed by atoms with Crippen molar-refractivity contribution in [3.05, 3.63) is 61.9 Å². The van der Waals surface area contributed by atoms with E-state index in [1.54, 1.807) is 18.5 Å². The second kappa shape index (κ2) is 10.1. The highest BCUT2D eigenvalue weighted by Crippen LogP contribution is 2.37. The molecular formula is C22H20BrFN4O5S. The van der Waals surface area contributed by atoms with Crippen LogP contribution in [0.2, 0.25) is 0 Å². The van der Waals surface area contributed by atoms with Crippen LogP contribution >= 0.6 is 27.3 Å². The van der Waals surface area contributed by atoms with Crippen LogP contribution in [0.15, 0.2) is 50.5 Å². The number of carbonyl (C=O) groups is 3. The molecule has 12 heteroatoms. The van der Waals surface area contributed by atoms with Crippen LogP contribution in [-0.2, 0) is 19.1 Å². The summed E-state index contributed by atoms with van der Waals surface area (Å²) in [6.45, 7) is 1.68. The van der Waals surface area contributed by atoms with E-state index < -0.39 is 29.8 Å².